The van der Waals surface area contributed by atoms with Crippen molar-refractivity contribution in [1.82, 2.24) is 14.5 Å². The molecule has 0 N–H and O–H groups in total. The smallest absolute Gasteiger partial charge is 0.270 e. The quantitative estimate of drug-likeness (QED) is 0.668. The van der Waals surface area contributed by atoms with E-state index in [1.807, 2.05) is 41.4 Å². The fourth-order valence-corrected chi connectivity index (χ4v) is 3.86. The summed E-state index contributed by atoms with van der Waals surface area (Å²) in [6.07, 6.45) is 5.77. The number of nitrogens with zero attached hydrogens (tertiary/aromatic N) is 3. The minimum Gasteiger partial charge on any atom is -0.376 e. The van der Waals surface area contributed by atoms with E-state index in [2.05, 4.69) is 28.6 Å². The number of rotatable bonds is 6. The zero-order valence-electron chi connectivity index (χ0n) is 15.7. The molecule has 1 aromatic carbocycles. The van der Waals surface area contributed by atoms with Crippen LogP contribution in [0.15, 0.2) is 54.9 Å². The van der Waals surface area contributed by atoms with Crippen LogP contribution in [0, 0.1) is 0 Å². The van der Waals surface area contributed by atoms with Gasteiger partial charge in [-0.2, -0.15) is 0 Å². The molecular formula is C22H25N3O2. The Kier molecular flexibility index (Phi) is 5.21. The molecule has 0 aliphatic carbocycles. The van der Waals surface area contributed by atoms with E-state index >= 15 is 0 Å². The predicted molar refractivity (Wildman–Crippen MR) is 106 cm³/mol. The van der Waals surface area contributed by atoms with Gasteiger partial charge in [-0.3, -0.25) is 9.78 Å². The third-order valence-corrected chi connectivity index (χ3v) is 5.18. The molecule has 1 unspecified atom stereocenters. The molecule has 1 aliphatic rings. The lowest BCUT2D eigenvalue weighted by Gasteiger charge is -2.26. The summed E-state index contributed by atoms with van der Waals surface area (Å²) < 4.78 is 7.91. The highest BCUT2D eigenvalue weighted by molar-refractivity contribution is 5.98. The first-order valence-electron chi connectivity index (χ1n) is 9.64. The van der Waals surface area contributed by atoms with Crippen molar-refractivity contribution in [2.45, 2.75) is 39.0 Å². The lowest BCUT2D eigenvalue weighted by Crippen LogP contribution is -2.37. The van der Waals surface area contributed by atoms with Gasteiger partial charge in [-0.15, -0.1) is 0 Å². The number of hydrogen-bond acceptors (Lipinski definition) is 3. The van der Waals surface area contributed by atoms with Gasteiger partial charge in [0.15, 0.2) is 0 Å². The highest BCUT2D eigenvalue weighted by Crippen LogP contribution is 2.23. The Balaban J connectivity index is 1.67. The number of para-hydroxylation sites is 1. The van der Waals surface area contributed by atoms with Crippen LogP contribution in [0.5, 0.6) is 0 Å². The van der Waals surface area contributed by atoms with Crippen LogP contribution in [0.1, 0.15) is 35.8 Å². The van der Waals surface area contributed by atoms with Gasteiger partial charge in [0.05, 0.1) is 6.10 Å². The molecule has 1 fully saturated rings. The second kappa shape index (κ2) is 7.92. The second-order valence-electron chi connectivity index (χ2n) is 7.01. The molecule has 27 heavy (non-hydrogen) atoms. The topological polar surface area (TPSA) is 47.4 Å². The molecule has 3 aromatic rings. The van der Waals surface area contributed by atoms with E-state index in [4.69, 9.17) is 4.74 Å². The molecule has 140 valence electrons. The Morgan fingerprint density at radius 2 is 2.19 bits per heavy atom. The molecule has 1 aliphatic heterocycles. The summed E-state index contributed by atoms with van der Waals surface area (Å²) in [6.45, 7) is 4.77. The molecule has 5 nitrogen and oxygen atoms in total. The summed E-state index contributed by atoms with van der Waals surface area (Å²) in [6, 6.07) is 14.1. The third-order valence-electron chi connectivity index (χ3n) is 5.18. The molecule has 0 bridgehead atoms. The van der Waals surface area contributed by atoms with Crippen molar-refractivity contribution in [1.29, 1.82) is 0 Å². The minimum absolute atomic E-state index is 0.0485. The van der Waals surface area contributed by atoms with E-state index in [0.717, 1.165) is 48.2 Å². The number of aromatic nitrogens is 2. The molecule has 5 heteroatoms. The number of carbonyl (C=O) groups excluding carboxylic acids is 1. The largest absolute Gasteiger partial charge is 0.376 e. The van der Waals surface area contributed by atoms with Gasteiger partial charge in [0.25, 0.3) is 5.91 Å². The van der Waals surface area contributed by atoms with Gasteiger partial charge in [-0.05, 0) is 43.5 Å². The summed E-state index contributed by atoms with van der Waals surface area (Å²) in [5, 5.41) is 1.10. The maximum absolute atomic E-state index is 13.5. The van der Waals surface area contributed by atoms with Crippen molar-refractivity contribution in [2.24, 2.45) is 0 Å². The third kappa shape index (κ3) is 3.74. The van der Waals surface area contributed by atoms with Crippen molar-refractivity contribution in [3.63, 3.8) is 0 Å². The molecular weight excluding hydrogens is 338 g/mol. The number of pyridine rings is 1. The summed E-state index contributed by atoms with van der Waals surface area (Å²) in [7, 11) is 0. The summed E-state index contributed by atoms with van der Waals surface area (Å²) in [4.78, 5) is 19.6. The van der Waals surface area contributed by atoms with Gasteiger partial charge in [-0.1, -0.05) is 24.3 Å². The van der Waals surface area contributed by atoms with Gasteiger partial charge in [0.1, 0.15) is 5.69 Å². The first kappa shape index (κ1) is 17.7. The molecule has 2 aromatic heterocycles. The minimum atomic E-state index is 0.0485. The van der Waals surface area contributed by atoms with E-state index in [-0.39, 0.29) is 12.0 Å². The number of benzene rings is 1. The lowest BCUT2D eigenvalue weighted by molar-refractivity contribution is 0.0499. The fourth-order valence-electron chi connectivity index (χ4n) is 3.86. The van der Waals surface area contributed by atoms with Crippen LogP contribution >= 0.6 is 0 Å². The van der Waals surface area contributed by atoms with E-state index < -0.39 is 0 Å². The first-order chi connectivity index (χ1) is 13.3. The highest BCUT2D eigenvalue weighted by atomic mass is 16.5. The maximum Gasteiger partial charge on any atom is 0.270 e. The van der Waals surface area contributed by atoms with Crippen molar-refractivity contribution in [2.75, 3.05) is 13.2 Å². The van der Waals surface area contributed by atoms with Crippen molar-refractivity contribution < 1.29 is 9.53 Å². The Morgan fingerprint density at radius 3 is 2.93 bits per heavy atom. The maximum atomic E-state index is 13.5. The van der Waals surface area contributed by atoms with E-state index in [0.29, 0.717) is 13.1 Å². The fraction of sp³-hybridized carbons (Fsp3) is 0.364. The Labute approximate surface area is 159 Å². The van der Waals surface area contributed by atoms with E-state index in [9.17, 15) is 4.79 Å². The lowest BCUT2D eigenvalue weighted by atomic mass is 10.2. The first-order valence-corrected chi connectivity index (χ1v) is 9.64. The number of amides is 1. The van der Waals surface area contributed by atoms with Crippen LogP contribution in [-0.2, 0) is 17.8 Å². The Morgan fingerprint density at radius 1 is 1.30 bits per heavy atom. The number of aryl methyl sites for hydroxylation is 1. The second-order valence-corrected chi connectivity index (χ2v) is 7.01. The molecule has 0 spiro atoms. The van der Waals surface area contributed by atoms with Crippen molar-refractivity contribution >= 4 is 16.8 Å². The number of fused-ring (bicyclic) bond motifs is 1. The van der Waals surface area contributed by atoms with Crippen LogP contribution in [-0.4, -0.2) is 39.6 Å². The van der Waals surface area contributed by atoms with Gasteiger partial charge < -0.3 is 14.2 Å². The van der Waals surface area contributed by atoms with Gasteiger partial charge in [-0.25, -0.2) is 0 Å². The zero-order valence-corrected chi connectivity index (χ0v) is 15.7. The van der Waals surface area contributed by atoms with Crippen molar-refractivity contribution in [3.8, 4) is 0 Å². The molecule has 0 radical (unpaired) electrons. The van der Waals surface area contributed by atoms with Gasteiger partial charge in [0, 0.05) is 49.5 Å². The monoisotopic (exact) mass is 363 g/mol. The van der Waals surface area contributed by atoms with Gasteiger partial charge in [0.2, 0.25) is 0 Å². The van der Waals surface area contributed by atoms with Gasteiger partial charge >= 0.3 is 0 Å². The van der Waals surface area contributed by atoms with Crippen LogP contribution in [0.25, 0.3) is 10.9 Å². The molecule has 1 saturated heterocycles. The van der Waals surface area contributed by atoms with Crippen LogP contribution in [0.4, 0.5) is 0 Å². The van der Waals surface area contributed by atoms with Crippen molar-refractivity contribution in [3.05, 3.63) is 66.1 Å². The Hall–Kier alpha value is -2.66. The number of hydrogen-bond donors (Lipinski definition) is 0. The summed E-state index contributed by atoms with van der Waals surface area (Å²) >= 11 is 0. The summed E-state index contributed by atoms with van der Waals surface area (Å²) in [5.74, 6) is 0.0485. The molecule has 1 atom stereocenters. The van der Waals surface area contributed by atoms with Crippen LogP contribution < -0.4 is 0 Å². The average molecular weight is 363 g/mol. The van der Waals surface area contributed by atoms with E-state index in [1.165, 1.54) is 0 Å². The predicted octanol–water partition coefficient (Wildman–Crippen LogP) is 3.88. The summed E-state index contributed by atoms with van der Waals surface area (Å²) in [5.41, 5.74) is 2.87. The molecule has 1 amide bonds. The molecule has 3 heterocycles. The van der Waals surface area contributed by atoms with E-state index in [1.54, 1.807) is 6.20 Å². The SMILES string of the molecule is CCn1c(C(=O)N(Cc2cccnc2)CC2CCCO2)cc2ccccc21. The zero-order chi connectivity index (χ0) is 18.6. The molecule has 0 saturated carbocycles. The number of ether oxygens (including phenoxy) is 1. The van der Waals surface area contributed by atoms with Crippen LogP contribution in [0.3, 0.4) is 0 Å². The Bertz CT molecular complexity index is 914. The molecule has 4 rings (SSSR count). The average Bonchev–Trinajstić information content (AvgIpc) is 3.35. The number of carbonyl (C=O) groups is 1. The standard InChI is InChI=1S/C22H25N3O2/c1-2-25-20-10-4-3-8-18(20)13-21(25)22(26)24(16-19-9-6-12-27-19)15-17-7-5-11-23-14-17/h3-5,7-8,10-11,13-14,19H,2,6,9,12,15-16H2,1H3. The highest BCUT2D eigenvalue weighted by Gasteiger charge is 2.26. The normalized spacial score (nSPS) is 16.7. The van der Waals surface area contributed by atoms with Crippen LogP contribution in [0.2, 0.25) is 0 Å².